The predicted molar refractivity (Wildman–Crippen MR) is 112 cm³/mol. The van der Waals surface area contributed by atoms with Gasteiger partial charge in [0.05, 0.1) is 31.8 Å². The van der Waals surface area contributed by atoms with Gasteiger partial charge in [0.2, 0.25) is 11.9 Å². The van der Waals surface area contributed by atoms with E-state index in [1.165, 1.54) is 18.2 Å². The van der Waals surface area contributed by atoms with E-state index in [1.807, 2.05) is 33.7 Å². The molecule has 0 saturated carbocycles. The third-order valence-corrected chi connectivity index (χ3v) is 6.18. The summed E-state index contributed by atoms with van der Waals surface area (Å²) >= 11 is 1.42. The van der Waals surface area contributed by atoms with Crippen molar-refractivity contribution >= 4 is 23.6 Å². The Morgan fingerprint density at radius 1 is 1.10 bits per heavy atom. The van der Waals surface area contributed by atoms with Crippen LogP contribution in [0.5, 0.6) is 5.75 Å². The number of hydrogen-bond donors (Lipinski definition) is 0. The van der Waals surface area contributed by atoms with Crippen molar-refractivity contribution in [2.24, 2.45) is 0 Å². The first-order valence-corrected chi connectivity index (χ1v) is 11.1. The molecule has 4 rings (SSSR count). The van der Waals surface area contributed by atoms with Crippen molar-refractivity contribution in [1.82, 2.24) is 19.7 Å². The molecule has 2 fully saturated rings. The number of carbonyl (C=O) groups excluding carboxylic acids is 1. The molecular weight excluding hydrogens is 390 g/mol. The van der Waals surface area contributed by atoms with Gasteiger partial charge < -0.3 is 19.3 Å². The van der Waals surface area contributed by atoms with Crippen LogP contribution in [0.3, 0.4) is 0 Å². The second-order valence-corrected chi connectivity index (χ2v) is 8.06. The Kier molecular flexibility index (Phi) is 6.56. The fourth-order valence-corrected chi connectivity index (χ4v) is 4.55. The number of ether oxygens (including phenoxy) is 2. The normalized spacial score (nSPS) is 17.4. The molecule has 0 aliphatic carbocycles. The number of hydrogen-bond acceptors (Lipinski definition) is 7. The Morgan fingerprint density at radius 3 is 2.62 bits per heavy atom. The maximum atomic E-state index is 12.6. The minimum Gasteiger partial charge on any atom is -0.495 e. The van der Waals surface area contributed by atoms with Crippen LogP contribution in [-0.2, 0) is 9.53 Å². The van der Waals surface area contributed by atoms with Crippen molar-refractivity contribution < 1.29 is 14.3 Å². The molecule has 2 aliphatic heterocycles. The van der Waals surface area contributed by atoms with E-state index in [4.69, 9.17) is 9.47 Å². The summed E-state index contributed by atoms with van der Waals surface area (Å²) < 4.78 is 13.0. The monoisotopic (exact) mass is 417 g/mol. The van der Waals surface area contributed by atoms with E-state index in [-0.39, 0.29) is 5.91 Å². The highest BCUT2D eigenvalue weighted by atomic mass is 32.2. The molecule has 1 aromatic heterocycles. The quantitative estimate of drug-likeness (QED) is 0.667. The molecule has 1 aromatic carbocycles. The number of amides is 1. The molecule has 8 nitrogen and oxygen atoms in total. The molecule has 9 heteroatoms. The zero-order valence-corrected chi connectivity index (χ0v) is 17.6. The number of morpholine rings is 1. The molecular formula is C20H27N5O3S. The molecule has 3 heterocycles. The number of aromatic nitrogens is 3. The molecule has 2 aliphatic rings. The summed E-state index contributed by atoms with van der Waals surface area (Å²) in [5.74, 6) is 2.00. The predicted octanol–water partition coefficient (Wildman–Crippen LogP) is 2.22. The summed E-state index contributed by atoms with van der Waals surface area (Å²) in [5.41, 5.74) is 0.891. The SMILES string of the molecule is COc1ccccc1-n1c(SCC(=O)N2CCOCC2)nnc1N1CCCCC1. The van der Waals surface area contributed by atoms with Gasteiger partial charge in [0.25, 0.3) is 0 Å². The van der Waals surface area contributed by atoms with Gasteiger partial charge in [-0.3, -0.25) is 9.36 Å². The molecule has 0 atom stereocenters. The van der Waals surface area contributed by atoms with Crippen LogP contribution < -0.4 is 9.64 Å². The summed E-state index contributed by atoms with van der Waals surface area (Å²) in [6, 6.07) is 7.86. The Morgan fingerprint density at radius 2 is 1.86 bits per heavy atom. The van der Waals surface area contributed by atoms with Gasteiger partial charge in [0.15, 0.2) is 5.16 Å². The number of methoxy groups -OCH3 is 1. The van der Waals surface area contributed by atoms with Crippen LogP contribution in [-0.4, -0.2) is 77.8 Å². The molecule has 0 N–H and O–H groups in total. The Labute approximate surface area is 175 Å². The van der Waals surface area contributed by atoms with Gasteiger partial charge in [-0.15, -0.1) is 10.2 Å². The largest absolute Gasteiger partial charge is 0.495 e. The summed E-state index contributed by atoms with van der Waals surface area (Å²) in [7, 11) is 1.67. The number of nitrogens with zero attached hydrogens (tertiary/aromatic N) is 5. The molecule has 156 valence electrons. The van der Waals surface area contributed by atoms with Gasteiger partial charge in [-0.25, -0.2) is 0 Å². The van der Waals surface area contributed by atoms with Crippen molar-refractivity contribution in [2.75, 3.05) is 57.2 Å². The highest BCUT2D eigenvalue weighted by Crippen LogP contribution is 2.32. The highest BCUT2D eigenvalue weighted by Gasteiger charge is 2.24. The van der Waals surface area contributed by atoms with Crippen LogP contribution in [0.2, 0.25) is 0 Å². The molecule has 0 unspecified atom stereocenters. The second kappa shape index (κ2) is 9.49. The zero-order valence-electron chi connectivity index (χ0n) is 16.7. The molecule has 0 radical (unpaired) electrons. The van der Waals surface area contributed by atoms with Crippen LogP contribution in [0, 0.1) is 0 Å². The Hall–Kier alpha value is -2.26. The fraction of sp³-hybridized carbons (Fsp3) is 0.550. The number of anilines is 1. The van der Waals surface area contributed by atoms with Crippen molar-refractivity contribution in [1.29, 1.82) is 0 Å². The van der Waals surface area contributed by atoms with Crippen molar-refractivity contribution in [3.8, 4) is 11.4 Å². The van der Waals surface area contributed by atoms with Gasteiger partial charge in [-0.05, 0) is 31.4 Å². The number of piperidine rings is 1. The average Bonchev–Trinajstić information content (AvgIpc) is 3.22. The number of benzene rings is 1. The van der Waals surface area contributed by atoms with Gasteiger partial charge in [-0.1, -0.05) is 23.9 Å². The van der Waals surface area contributed by atoms with Gasteiger partial charge >= 0.3 is 0 Å². The minimum absolute atomic E-state index is 0.104. The first-order chi connectivity index (χ1) is 14.3. The summed E-state index contributed by atoms with van der Waals surface area (Å²) in [6.07, 6.45) is 3.54. The fourth-order valence-electron chi connectivity index (χ4n) is 3.71. The van der Waals surface area contributed by atoms with E-state index < -0.39 is 0 Å². The topological polar surface area (TPSA) is 72.7 Å². The zero-order chi connectivity index (χ0) is 20.1. The molecule has 2 aromatic rings. The maximum absolute atomic E-state index is 12.6. The molecule has 0 spiro atoms. The van der Waals surface area contributed by atoms with E-state index >= 15 is 0 Å². The molecule has 29 heavy (non-hydrogen) atoms. The van der Waals surface area contributed by atoms with E-state index in [9.17, 15) is 4.79 Å². The average molecular weight is 418 g/mol. The lowest BCUT2D eigenvalue weighted by Crippen LogP contribution is -2.41. The van der Waals surface area contributed by atoms with Gasteiger partial charge in [0.1, 0.15) is 5.75 Å². The minimum atomic E-state index is 0.104. The van der Waals surface area contributed by atoms with Crippen molar-refractivity contribution in [3.63, 3.8) is 0 Å². The Balaban J connectivity index is 1.61. The standard InChI is InChI=1S/C20H27N5O3S/c1-27-17-8-4-3-7-16(17)25-19(24-9-5-2-6-10-24)21-22-20(25)29-15-18(26)23-11-13-28-14-12-23/h3-4,7-8H,2,5-6,9-15H2,1H3. The lowest BCUT2D eigenvalue weighted by molar-refractivity contribution is -0.132. The first kappa shape index (κ1) is 20.0. The lowest BCUT2D eigenvalue weighted by atomic mass is 10.1. The van der Waals surface area contributed by atoms with E-state index in [2.05, 4.69) is 15.1 Å². The lowest BCUT2D eigenvalue weighted by Gasteiger charge is -2.28. The van der Waals surface area contributed by atoms with E-state index in [0.717, 1.165) is 43.3 Å². The summed E-state index contributed by atoms with van der Waals surface area (Å²) in [4.78, 5) is 16.7. The van der Waals surface area contributed by atoms with Crippen LogP contribution in [0.15, 0.2) is 29.4 Å². The maximum Gasteiger partial charge on any atom is 0.233 e. The van der Waals surface area contributed by atoms with Crippen molar-refractivity contribution in [2.45, 2.75) is 24.4 Å². The summed E-state index contributed by atoms with van der Waals surface area (Å²) in [5, 5.41) is 9.65. The molecule has 0 bridgehead atoms. The van der Waals surface area contributed by atoms with Crippen LogP contribution in [0.25, 0.3) is 5.69 Å². The van der Waals surface area contributed by atoms with Gasteiger partial charge in [-0.2, -0.15) is 0 Å². The smallest absolute Gasteiger partial charge is 0.233 e. The van der Waals surface area contributed by atoms with E-state index in [1.54, 1.807) is 7.11 Å². The summed E-state index contributed by atoms with van der Waals surface area (Å²) in [6.45, 7) is 4.43. The third-order valence-electron chi connectivity index (χ3n) is 5.27. The third kappa shape index (κ3) is 4.51. The van der Waals surface area contributed by atoms with Crippen LogP contribution >= 0.6 is 11.8 Å². The molecule has 2 saturated heterocycles. The van der Waals surface area contributed by atoms with E-state index in [0.29, 0.717) is 37.2 Å². The first-order valence-electron chi connectivity index (χ1n) is 10.1. The van der Waals surface area contributed by atoms with Crippen LogP contribution in [0.4, 0.5) is 5.95 Å². The number of para-hydroxylation sites is 2. The number of carbonyl (C=O) groups is 1. The highest BCUT2D eigenvalue weighted by molar-refractivity contribution is 7.99. The van der Waals surface area contributed by atoms with Crippen molar-refractivity contribution in [3.05, 3.63) is 24.3 Å². The number of rotatable bonds is 6. The van der Waals surface area contributed by atoms with Crippen LogP contribution in [0.1, 0.15) is 19.3 Å². The van der Waals surface area contributed by atoms with Gasteiger partial charge in [0, 0.05) is 26.2 Å². The second-order valence-electron chi connectivity index (χ2n) is 7.12. The molecule has 1 amide bonds. The number of thioether (sulfide) groups is 1. The Bertz CT molecular complexity index is 831.